The second-order valence-electron chi connectivity index (χ2n) is 12.8. The van der Waals surface area contributed by atoms with Crippen molar-refractivity contribution >= 4 is 44.8 Å². The van der Waals surface area contributed by atoms with E-state index in [2.05, 4.69) is 33.3 Å². The number of piperazine rings is 1. The predicted molar refractivity (Wildman–Crippen MR) is 170 cm³/mol. The molecular weight excluding hydrogens is 639 g/mol. The summed E-state index contributed by atoms with van der Waals surface area (Å²) in [5.74, 6) is -3.37. The summed E-state index contributed by atoms with van der Waals surface area (Å²) in [4.78, 5) is 13.3. The van der Waals surface area contributed by atoms with Gasteiger partial charge in [0.15, 0.2) is 23.3 Å². The average molecular weight is 667 g/mol. The molecule has 4 aliphatic heterocycles. The molecule has 242 valence electrons. The summed E-state index contributed by atoms with van der Waals surface area (Å²) in [6.45, 7) is 2.26. The van der Waals surface area contributed by atoms with E-state index in [1.54, 1.807) is 0 Å². The van der Waals surface area contributed by atoms with E-state index in [1.807, 2.05) is 4.90 Å². The second-order valence-corrected chi connectivity index (χ2v) is 13.2. The molecule has 0 aliphatic carbocycles. The first-order valence-corrected chi connectivity index (χ1v) is 15.7. The first-order chi connectivity index (χ1) is 22.6. The number of terminal acetylenes is 1. The first kappa shape index (κ1) is 30.2. The van der Waals surface area contributed by atoms with Crippen molar-refractivity contribution in [2.24, 2.45) is 0 Å². The molecule has 4 unspecified atom stereocenters. The highest BCUT2D eigenvalue weighted by atomic mass is 35.5. The Kier molecular flexibility index (Phi) is 7.02. The number of fused-ring (bicyclic) bond motifs is 5. The van der Waals surface area contributed by atoms with Crippen LogP contribution in [0.15, 0.2) is 30.4 Å². The normalized spacial score (nSPS) is 25.2. The molecule has 0 radical (unpaired) electrons. The summed E-state index contributed by atoms with van der Waals surface area (Å²) < 4.78 is 82.2. The quantitative estimate of drug-likeness (QED) is 0.0904. The van der Waals surface area contributed by atoms with Crippen LogP contribution < -0.4 is 20.7 Å². The fourth-order valence-corrected chi connectivity index (χ4v) is 8.13. The molecule has 1 aromatic heterocycles. The molecule has 3 saturated heterocycles. The zero-order valence-electron chi connectivity index (χ0n) is 24.9. The van der Waals surface area contributed by atoms with Crippen LogP contribution in [0.5, 0.6) is 6.01 Å². The molecule has 0 amide bonds. The molecule has 0 saturated carbocycles. The van der Waals surface area contributed by atoms with Crippen molar-refractivity contribution in [3.63, 3.8) is 0 Å². The topological polar surface area (TPSA) is 79.5 Å². The van der Waals surface area contributed by atoms with Crippen molar-refractivity contribution in [2.45, 2.75) is 43.1 Å². The number of nitrogens with one attached hydrogen (secondary N) is 1. The highest BCUT2D eigenvalue weighted by Gasteiger charge is 2.49. The molecule has 47 heavy (non-hydrogen) atoms. The van der Waals surface area contributed by atoms with Gasteiger partial charge in [-0.1, -0.05) is 29.7 Å². The minimum atomic E-state index is -1.77. The summed E-state index contributed by atoms with van der Waals surface area (Å²) in [5, 5.41) is 2.91. The molecule has 3 fully saturated rings. The highest BCUT2D eigenvalue weighted by molar-refractivity contribution is 6.35. The molecule has 4 aromatic rings. The molecule has 4 atom stereocenters. The minimum absolute atomic E-state index is 0.0414. The molecule has 13 heteroatoms. The van der Waals surface area contributed by atoms with Gasteiger partial charge in [0.1, 0.15) is 24.1 Å². The van der Waals surface area contributed by atoms with Crippen LogP contribution in [0.25, 0.3) is 32.8 Å². The Labute approximate surface area is 271 Å². The van der Waals surface area contributed by atoms with Gasteiger partial charge in [0.05, 0.1) is 16.1 Å². The van der Waals surface area contributed by atoms with Crippen molar-refractivity contribution in [1.82, 2.24) is 20.2 Å². The van der Waals surface area contributed by atoms with E-state index in [-0.39, 0.29) is 62.8 Å². The third-order valence-electron chi connectivity index (χ3n) is 9.88. The Bertz CT molecular complexity index is 2060. The zero-order chi connectivity index (χ0) is 32.8. The van der Waals surface area contributed by atoms with Crippen LogP contribution >= 0.6 is 11.6 Å². The monoisotopic (exact) mass is 666 g/mol. The van der Waals surface area contributed by atoms with E-state index < -0.39 is 45.9 Å². The molecule has 5 heterocycles. The third-order valence-corrected chi connectivity index (χ3v) is 10.2. The van der Waals surface area contributed by atoms with Gasteiger partial charge in [-0.3, -0.25) is 4.90 Å². The van der Waals surface area contributed by atoms with Crippen LogP contribution in [0.3, 0.4) is 0 Å². The van der Waals surface area contributed by atoms with Gasteiger partial charge in [0.2, 0.25) is 0 Å². The highest BCUT2D eigenvalue weighted by Crippen LogP contribution is 2.45. The van der Waals surface area contributed by atoms with E-state index in [4.69, 9.17) is 33.5 Å². The largest absolute Gasteiger partial charge is 0.461 e. The van der Waals surface area contributed by atoms with Crippen molar-refractivity contribution in [2.75, 3.05) is 43.4 Å². The minimum Gasteiger partial charge on any atom is -0.461 e. The summed E-state index contributed by atoms with van der Waals surface area (Å²) in [6.07, 6.45) is 10.7. The smallest absolute Gasteiger partial charge is 0.319 e. The second kappa shape index (κ2) is 10.9. The maximum atomic E-state index is 17.0. The Hall–Kier alpha value is -4.18. The first-order valence-electron chi connectivity index (χ1n) is 15.3. The Morgan fingerprint density at radius 3 is 2.53 bits per heavy atom. The number of rotatable bonds is 5. The van der Waals surface area contributed by atoms with Gasteiger partial charge in [0.25, 0.3) is 0 Å². The number of benzene rings is 3. The summed E-state index contributed by atoms with van der Waals surface area (Å²) in [7, 11) is 0. The van der Waals surface area contributed by atoms with Gasteiger partial charge in [-0.05, 0) is 43.1 Å². The molecule has 7 nitrogen and oxygen atoms in total. The zero-order valence-corrected chi connectivity index (χ0v) is 25.7. The van der Waals surface area contributed by atoms with Crippen molar-refractivity contribution in [3.8, 4) is 29.5 Å². The standard InChI is InChI=1S/C34H28ClF5N6O/c1-2-20-25-21(8-17(41)9-22(25)28(38)30(40)27(20)37)26-24(35)10-23-31(29(26)39)43-33(44-32(23)45-13-18-4-5-19(14-45)42-18)47-15-34-6-3-7-46(34)12-16(36)11-34/h1,4-5,8-10,16,18-19,42H,3,6-7,11-15,41H2. The van der Waals surface area contributed by atoms with Gasteiger partial charge >= 0.3 is 6.01 Å². The molecule has 3 N–H and O–H groups in total. The van der Waals surface area contributed by atoms with Gasteiger partial charge in [-0.2, -0.15) is 9.97 Å². The lowest BCUT2D eigenvalue weighted by Crippen LogP contribution is -2.52. The maximum Gasteiger partial charge on any atom is 0.319 e. The Balaban J connectivity index is 1.32. The van der Waals surface area contributed by atoms with Gasteiger partial charge in [0, 0.05) is 65.5 Å². The number of nitrogen functional groups attached to an aromatic ring is 1. The van der Waals surface area contributed by atoms with Crippen LogP contribution in [0.4, 0.5) is 33.5 Å². The van der Waals surface area contributed by atoms with Crippen LogP contribution in [0.2, 0.25) is 5.02 Å². The number of nitrogens with two attached hydrogens (primary N) is 1. The maximum absolute atomic E-state index is 17.0. The fraction of sp³-hybridized carbons (Fsp3) is 0.353. The van der Waals surface area contributed by atoms with E-state index in [0.717, 1.165) is 25.5 Å². The fourth-order valence-electron chi connectivity index (χ4n) is 7.84. The van der Waals surface area contributed by atoms with Crippen LogP contribution in [-0.2, 0) is 0 Å². The number of nitrogens with zero attached hydrogens (tertiary/aromatic N) is 4. The molecular formula is C34H28ClF5N6O. The van der Waals surface area contributed by atoms with E-state index >= 15 is 8.78 Å². The lowest BCUT2D eigenvalue weighted by Gasteiger charge is -2.35. The SMILES string of the molecule is C#Cc1c(F)c(F)c(F)c2cc(N)cc(-c3c(Cl)cc4c(N5CC6C=CC(C5)N6)nc(OCC56CCCN5CC(F)C6)nc4c3F)c12. The van der Waals surface area contributed by atoms with E-state index in [0.29, 0.717) is 31.9 Å². The molecule has 8 rings (SSSR count). The van der Waals surface area contributed by atoms with Crippen LogP contribution in [0.1, 0.15) is 24.8 Å². The van der Waals surface area contributed by atoms with Crippen LogP contribution in [-0.4, -0.2) is 71.4 Å². The number of alkyl halides is 1. The van der Waals surface area contributed by atoms with Crippen LogP contribution in [0, 0.1) is 35.6 Å². The van der Waals surface area contributed by atoms with Gasteiger partial charge in [-0.15, -0.1) is 6.42 Å². The Morgan fingerprint density at radius 1 is 1.02 bits per heavy atom. The number of aromatic nitrogens is 2. The number of anilines is 2. The van der Waals surface area contributed by atoms with Gasteiger partial charge < -0.3 is 20.7 Å². The summed E-state index contributed by atoms with van der Waals surface area (Å²) >= 11 is 6.78. The van der Waals surface area contributed by atoms with Crippen molar-refractivity contribution < 1.29 is 26.7 Å². The molecule has 4 aliphatic rings. The summed E-state index contributed by atoms with van der Waals surface area (Å²) in [6, 6.07) is 3.83. The number of ether oxygens (including phenoxy) is 1. The van der Waals surface area contributed by atoms with E-state index in [9.17, 15) is 13.2 Å². The predicted octanol–water partition coefficient (Wildman–Crippen LogP) is 5.90. The van der Waals surface area contributed by atoms with Crippen molar-refractivity contribution in [3.05, 3.63) is 64.2 Å². The van der Waals surface area contributed by atoms with Crippen molar-refractivity contribution in [1.29, 1.82) is 0 Å². The molecule has 3 aromatic carbocycles. The average Bonchev–Trinajstić information content (AvgIpc) is 3.69. The molecule has 2 bridgehead atoms. The number of halogens is 6. The lowest BCUT2D eigenvalue weighted by molar-refractivity contribution is 0.107. The van der Waals surface area contributed by atoms with E-state index in [1.165, 1.54) is 12.1 Å². The number of hydrogen-bond acceptors (Lipinski definition) is 7. The van der Waals surface area contributed by atoms with Gasteiger partial charge in [-0.25, -0.2) is 22.0 Å². The number of hydrogen-bond donors (Lipinski definition) is 2. The lowest BCUT2D eigenvalue weighted by atomic mass is 9.92. The third kappa shape index (κ3) is 4.70. The summed E-state index contributed by atoms with van der Waals surface area (Å²) in [5.41, 5.74) is 4.30. The Morgan fingerprint density at radius 2 is 1.79 bits per heavy atom. The molecule has 0 spiro atoms.